The van der Waals surface area contributed by atoms with Gasteiger partial charge in [-0.05, 0) is 24.6 Å². The van der Waals surface area contributed by atoms with Crippen LogP contribution in [0.25, 0.3) is 5.69 Å². The molecule has 4 rings (SSSR count). The minimum atomic E-state index is -0.378. The fourth-order valence-electron chi connectivity index (χ4n) is 3.40. The molecular formula is C26H27N5O3S. The largest absolute Gasteiger partial charge is 0.497 e. The number of methoxy groups -OCH3 is 2. The van der Waals surface area contributed by atoms with Crippen LogP contribution in [0, 0.1) is 6.92 Å². The maximum absolute atomic E-state index is 12.6. The van der Waals surface area contributed by atoms with Gasteiger partial charge in [-0.2, -0.15) is 0 Å². The molecule has 0 unspecified atom stereocenters. The van der Waals surface area contributed by atoms with Crippen molar-refractivity contribution in [1.29, 1.82) is 0 Å². The van der Waals surface area contributed by atoms with Crippen LogP contribution in [0.1, 0.15) is 17.0 Å². The molecule has 0 spiro atoms. The summed E-state index contributed by atoms with van der Waals surface area (Å²) in [6, 6.07) is 23.1. The number of hydrogen-bond donors (Lipinski definition) is 2. The van der Waals surface area contributed by atoms with Crippen molar-refractivity contribution >= 4 is 23.5 Å². The average Bonchev–Trinajstić information content (AvgIpc) is 3.29. The highest BCUT2D eigenvalue weighted by Gasteiger charge is 2.16. The standard InChI is InChI=1S/C26H27N5O3S/c1-18-9-11-21(12-10-18)31-24(29-30-26(31)35-17-19-7-5-4-6-8-19)16-27-25(32)28-20-13-22(33-2)15-23(14-20)34-3/h4-15H,16-17H2,1-3H3,(H2,27,28,32). The Bertz CT molecular complexity index is 1250. The van der Waals surface area contributed by atoms with Gasteiger partial charge < -0.3 is 20.1 Å². The number of ether oxygens (including phenoxy) is 2. The number of rotatable bonds is 9. The van der Waals surface area contributed by atoms with E-state index in [1.165, 1.54) is 5.56 Å². The number of thioether (sulfide) groups is 1. The van der Waals surface area contributed by atoms with E-state index in [1.54, 1.807) is 44.2 Å². The molecule has 9 heteroatoms. The summed E-state index contributed by atoms with van der Waals surface area (Å²) in [6.07, 6.45) is 0. The average molecular weight is 490 g/mol. The zero-order chi connectivity index (χ0) is 24.6. The van der Waals surface area contributed by atoms with E-state index in [4.69, 9.17) is 9.47 Å². The lowest BCUT2D eigenvalue weighted by Gasteiger charge is -2.13. The molecule has 0 atom stereocenters. The van der Waals surface area contributed by atoms with Crippen LogP contribution in [0.15, 0.2) is 78.0 Å². The molecule has 3 aromatic carbocycles. The Labute approximate surface area is 208 Å². The summed E-state index contributed by atoms with van der Waals surface area (Å²) in [5.41, 5.74) is 3.85. The van der Waals surface area contributed by atoms with Crippen LogP contribution in [0.2, 0.25) is 0 Å². The zero-order valence-electron chi connectivity index (χ0n) is 19.8. The molecule has 2 amide bonds. The summed E-state index contributed by atoms with van der Waals surface area (Å²) in [6.45, 7) is 2.24. The fourth-order valence-corrected chi connectivity index (χ4v) is 4.32. The topological polar surface area (TPSA) is 90.3 Å². The molecule has 0 saturated heterocycles. The van der Waals surface area contributed by atoms with Gasteiger partial charge in [0.2, 0.25) is 0 Å². The predicted molar refractivity (Wildman–Crippen MR) is 138 cm³/mol. The number of nitrogens with zero attached hydrogens (tertiary/aromatic N) is 3. The fraction of sp³-hybridized carbons (Fsp3) is 0.192. The lowest BCUT2D eigenvalue weighted by molar-refractivity contribution is 0.251. The second-order valence-corrected chi connectivity index (χ2v) is 8.70. The Balaban J connectivity index is 1.50. The van der Waals surface area contributed by atoms with E-state index in [0.717, 1.165) is 22.2 Å². The molecule has 4 aromatic rings. The summed E-state index contributed by atoms with van der Waals surface area (Å²) in [5, 5.41) is 15.2. The number of benzene rings is 3. The molecular weight excluding hydrogens is 462 g/mol. The SMILES string of the molecule is COc1cc(NC(=O)NCc2nnc(SCc3ccccc3)n2-c2ccc(C)cc2)cc(OC)c1. The van der Waals surface area contributed by atoms with Crippen LogP contribution in [0.5, 0.6) is 11.5 Å². The van der Waals surface area contributed by atoms with Crippen molar-refractivity contribution in [1.82, 2.24) is 20.1 Å². The summed E-state index contributed by atoms with van der Waals surface area (Å²) < 4.78 is 12.5. The quantitative estimate of drug-likeness (QED) is 0.314. The van der Waals surface area contributed by atoms with Gasteiger partial charge in [-0.1, -0.05) is 59.8 Å². The minimum absolute atomic E-state index is 0.194. The molecule has 0 radical (unpaired) electrons. The molecule has 2 N–H and O–H groups in total. The number of carbonyl (C=O) groups is 1. The molecule has 1 aromatic heterocycles. The summed E-state index contributed by atoms with van der Waals surface area (Å²) in [7, 11) is 3.12. The number of urea groups is 1. The highest BCUT2D eigenvalue weighted by atomic mass is 32.2. The molecule has 0 aliphatic rings. The lowest BCUT2D eigenvalue weighted by Crippen LogP contribution is -2.29. The van der Waals surface area contributed by atoms with E-state index in [0.29, 0.717) is 23.0 Å². The monoisotopic (exact) mass is 489 g/mol. The number of aromatic nitrogens is 3. The van der Waals surface area contributed by atoms with E-state index < -0.39 is 0 Å². The summed E-state index contributed by atoms with van der Waals surface area (Å²) in [4.78, 5) is 12.6. The van der Waals surface area contributed by atoms with Crippen LogP contribution in [-0.4, -0.2) is 35.0 Å². The van der Waals surface area contributed by atoms with Gasteiger partial charge in [0.15, 0.2) is 11.0 Å². The Morgan fingerprint density at radius 2 is 1.63 bits per heavy atom. The van der Waals surface area contributed by atoms with E-state index in [9.17, 15) is 4.79 Å². The van der Waals surface area contributed by atoms with E-state index >= 15 is 0 Å². The third-order valence-electron chi connectivity index (χ3n) is 5.22. The van der Waals surface area contributed by atoms with Crippen molar-refractivity contribution in [2.24, 2.45) is 0 Å². The Morgan fingerprint density at radius 3 is 2.29 bits per heavy atom. The van der Waals surface area contributed by atoms with E-state index in [2.05, 4.69) is 33.0 Å². The van der Waals surface area contributed by atoms with Gasteiger partial charge >= 0.3 is 6.03 Å². The molecule has 0 bridgehead atoms. The normalized spacial score (nSPS) is 10.6. The van der Waals surface area contributed by atoms with Crippen LogP contribution < -0.4 is 20.1 Å². The Morgan fingerprint density at radius 1 is 0.943 bits per heavy atom. The number of aryl methyl sites for hydroxylation is 1. The Hall–Kier alpha value is -3.98. The van der Waals surface area contributed by atoms with Crippen molar-refractivity contribution < 1.29 is 14.3 Å². The highest BCUT2D eigenvalue weighted by molar-refractivity contribution is 7.98. The number of nitrogens with one attached hydrogen (secondary N) is 2. The number of carbonyl (C=O) groups excluding carboxylic acids is 1. The second kappa shape index (κ2) is 11.4. The lowest BCUT2D eigenvalue weighted by atomic mass is 10.2. The van der Waals surface area contributed by atoms with Crippen LogP contribution in [0.4, 0.5) is 10.5 Å². The first-order chi connectivity index (χ1) is 17.1. The van der Waals surface area contributed by atoms with Crippen molar-refractivity contribution in [3.05, 3.63) is 89.7 Å². The zero-order valence-corrected chi connectivity index (χ0v) is 20.6. The minimum Gasteiger partial charge on any atom is -0.497 e. The maximum atomic E-state index is 12.6. The molecule has 0 fully saturated rings. The number of amides is 2. The summed E-state index contributed by atoms with van der Waals surface area (Å²) in [5.74, 6) is 2.55. The third kappa shape index (κ3) is 6.33. The highest BCUT2D eigenvalue weighted by Crippen LogP contribution is 2.27. The van der Waals surface area contributed by atoms with Gasteiger partial charge in [0.25, 0.3) is 0 Å². The molecule has 35 heavy (non-hydrogen) atoms. The number of hydrogen-bond acceptors (Lipinski definition) is 6. The molecule has 0 aliphatic carbocycles. The third-order valence-corrected chi connectivity index (χ3v) is 6.22. The molecule has 0 aliphatic heterocycles. The van der Waals surface area contributed by atoms with Crippen molar-refractivity contribution in [2.45, 2.75) is 24.4 Å². The van der Waals surface area contributed by atoms with Gasteiger partial charge in [-0.25, -0.2) is 4.79 Å². The Kier molecular flexibility index (Phi) is 7.89. The van der Waals surface area contributed by atoms with Crippen LogP contribution >= 0.6 is 11.8 Å². The number of anilines is 1. The van der Waals surface area contributed by atoms with Gasteiger partial charge in [0.1, 0.15) is 11.5 Å². The van der Waals surface area contributed by atoms with Gasteiger partial charge in [-0.3, -0.25) is 4.57 Å². The first-order valence-corrected chi connectivity index (χ1v) is 12.0. The van der Waals surface area contributed by atoms with Crippen LogP contribution in [-0.2, 0) is 12.3 Å². The van der Waals surface area contributed by atoms with Crippen molar-refractivity contribution in [3.8, 4) is 17.2 Å². The predicted octanol–water partition coefficient (Wildman–Crippen LogP) is 5.21. The smallest absolute Gasteiger partial charge is 0.319 e. The molecule has 8 nitrogen and oxygen atoms in total. The van der Waals surface area contributed by atoms with Gasteiger partial charge in [-0.15, -0.1) is 10.2 Å². The first kappa shape index (κ1) is 24.2. The molecule has 0 saturated carbocycles. The van der Waals surface area contributed by atoms with E-state index in [-0.39, 0.29) is 12.6 Å². The van der Waals surface area contributed by atoms with Crippen LogP contribution in [0.3, 0.4) is 0 Å². The second-order valence-electron chi connectivity index (χ2n) is 7.75. The maximum Gasteiger partial charge on any atom is 0.319 e. The molecule has 1 heterocycles. The van der Waals surface area contributed by atoms with Gasteiger partial charge in [0, 0.05) is 35.3 Å². The van der Waals surface area contributed by atoms with E-state index in [1.807, 2.05) is 54.0 Å². The first-order valence-electron chi connectivity index (χ1n) is 11.0. The summed E-state index contributed by atoms with van der Waals surface area (Å²) >= 11 is 1.60. The molecule has 180 valence electrons. The van der Waals surface area contributed by atoms with Crippen molar-refractivity contribution in [3.63, 3.8) is 0 Å². The van der Waals surface area contributed by atoms with Gasteiger partial charge in [0.05, 0.1) is 20.8 Å². The van der Waals surface area contributed by atoms with Crippen molar-refractivity contribution in [2.75, 3.05) is 19.5 Å².